The highest BCUT2D eigenvalue weighted by Gasteiger charge is 2.31. The van der Waals surface area contributed by atoms with E-state index in [-0.39, 0.29) is 11.4 Å². The Labute approximate surface area is 134 Å². The lowest BCUT2D eigenvalue weighted by Crippen LogP contribution is -2.17. The maximum absolute atomic E-state index is 12.2. The zero-order chi connectivity index (χ0) is 17.3. The molecule has 124 valence electrons. The summed E-state index contributed by atoms with van der Waals surface area (Å²) < 4.78 is 45.9. The zero-order valence-electron chi connectivity index (χ0n) is 12.5. The summed E-state index contributed by atoms with van der Waals surface area (Å²) >= 11 is 0. The predicted octanol–water partition coefficient (Wildman–Crippen LogP) is 4.89. The Kier molecular flexibility index (Phi) is 3.92. The van der Waals surface area contributed by atoms with Crippen LogP contribution in [0.5, 0.6) is 5.75 Å². The number of halogens is 3. The van der Waals surface area contributed by atoms with Crippen molar-refractivity contribution < 1.29 is 27.1 Å². The number of fused-ring (bicyclic) bond motifs is 1. The van der Waals surface area contributed by atoms with E-state index >= 15 is 0 Å². The van der Waals surface area contributed by atoms with Crippen molar-refractivity contribution in [3.05, 3.63) is 59.9 Å². The summed E-state index contributed by atoms with van der Waals surface area (Å²) in [6.45, 7) is 1.92. The number of furan rings is 1. The molecule has 0 aliphatic heterocycles. The molecule has 3 aromatic rings. The Morgan fingerprint density at radius 1 is 1.12 bits per heavy atom. The van der Waals surface area contributed by atoms with Crippen molar-refractivity contribution in [3.8, 4) is 5.75 Å². The van der Waals surface area contributed by atoms with Gasteiger partial charge in [0.15, 0.2) is 5.76 Å². The number of amides is 1. The number of aryl methyl sites for hydroxylation is 1. The number of carbonyl (C=O) groups excluding carboxylic acids is 1. The normalized spacial score (nSPS) is 11.5. The number of hydrogen-bond acceptors (Lipinski definition) is 3. The summed E-state index contributed by atoms with van der Waals surface area (Å²) in [7, 11) is 0. The van der Waals surface area contributed by atoms with E-state index in [1.807, 2.05) is 19.1 Å². The molecule has 1 amide bonds. The van der Waals surface area contributed by atoms with E-state index in [0.29, 0.717) is 5.58 Å². The molecule has 0 aliphatic rings. The second-order valence-electron chi connectivity index (χ2n) is 5.18. The largest absolute Gasteiger partial charge is 0.573 e. The number of hydrogen-bond donors (Lipinski definition) is 1. The first-order valence-corrected chi connectivity index (χ1v) is 6.97. The van der Waals surface area contributed by atoms with Gasteiger partial charge in [0.25, 0.3) is 5.91 Å². The number of benzene rings is 2. The van der Waals surface area contributed by atoms with Gasteiger partial charge in [-0.25, -0.2) is 0 Å². The summed E-state index contributed by atoms with van der Waals surface area (Å²) in [5, 5.41) is 3.25. The van der Waals surface area contributed by atoms with Gasteiger partial charge in [0.2, 0.25) is 0 Å². The highest BCUT2D eigenvalue weighted by Crippen LogP contribution is 2.26. The van der Waals surface area contributed by atoms with Crippen LogP contribution < -0.4 is 10.1 Å². The lowest BCUT2D eigenvalue weighted by Gasteiger charge is -2.10. The SMILES string of the molecule is Cc1ccc2oc(C(=O)Nc3cccc(OC(F)(F)F)c3)cc2c1. The molecular weight excluding hydrogens is 323 g/mol. The van der Waals surface area contributed by atoms with Crippen molar-refractivity contribution in [1.82, 2.24) is 0 Å². The summed E-state index contributed by atoms with van der Waals surface area (Å²) in [6, 6.07) is 12.1. The molecule has 0 unspecified atom stereocenters. The number of alkyl halides is 3. The highest BCUT2D eigenvalue weighted by molar-refractivity contribution is 6.04. The van der Waals surface area contributed by atoms with Crippen LogP contribution in [0.3, 0.4) is 0 Å². The van der Waals surface area contributed by atoms with Crippen molar-refractivity contribution in [2.75, 3.05) is 5.32 Å². The van der Waals surface area contributed by atoms with Gasteiger partial charge in [-0.3, -0.25) is 4.79 Å². The van der Waals surface area contributed by atoms with Crippen LogP contribution >= 0.6 is 0 Å². The molecule has 0 fully saturated rings. The van der Waals surface area contributed by atoms with E-state index in [9.17, 15) is 18.0 Å². The molecule has 7 heteroatoms. The molecule has 0 saturated carbocycles. The summed E-state index contributed by atoms with van der Waals surface area (Å²) in [6.07, 6.45) is -4.79. The van der Waals surface area contributed by atoms with E-state index in [4.69, 9.17) is 4.42 Å². The molecule has 1 N–H and O–H groups in total. The monoisotopic (exact) mass is 335 g/mol. The lowest BCUT2D eigenvalue weighted by atomic mass is 10.2. The Bertz CT molecular complexity index is 899. The van der Waals surface area contributed by atoms with Crippen LogP contribution in [0, 0.1) is 6.92 Å². The summed E-state index contributed by atoms with van der Waals surface area (Å²) in [5.41, 5.74) is 1.74. The van der Waals surface area contributed by atoms with Crippen molar-refractivity contribution in [2.24, 2.45) is 0 Å². The molecule has 1 aromatic heterocycles. The first-order valence-electron chi connectivity index (χ1n) is 6.97. The minimum atomic E-state index is -4.79. The third kappa shape index (κ3) is 3.68. The predicted molar refractivity (Wildman–Crippen MR) is 82.0 cm³/mol. The van der Waals surface area contributed by atoms with Gasteiger partial charge in [0, 0.05) is 17.1 Å². The maximum Gasteiger partial charge on any atom is 0.573 e. The van der Waals surface area contributed by atoms with Crippen molar-refractivity contribution >= 4 is 22.6 Å². The second kappa shape index (κ2) is 5.92. The molecule has 0 bridgehead atoms. The Morgan fingerprint density at radius 2 is 1.92 bits per heavy atom. The van der Waals surface area contributed by atoms with E-state index in [1.165, 1.54) is 12.1 Å². The molecule has 0 saturated heterocycles. The summed E-state index contributed by atoms with van der Waals surface area (Å²) in [5.74, 6) is -0.911. The molecule has 0 aliphatic carbocycles. The van der Waals surface area contributed by atoms with E-state index in [1.54, 1.807) is 12.1 Å². The van der Waals surface area contributed by atoms with E-state index in [0.717, 1.165) is 23.1 Å². The van der Waals surface area contributed by atoms with Crippen LogP contribution in [0.25, 0.3) is 11.0 Å². The lowest BCUT2D eigenvalue weighted by molar-refractivity contribution is -0.274. The van der Waals surface area contributed by atoms with Crippen LogP contribution in [-0.4, -0.2) is 12.3 Å². The van der Waals surface area contributed by atoms with Gasteiger partial charge in [-0.2, -0.15) is 0 Å². The highest BCUT2D eigenvalue weighted by atomic mass is 19.4. The second-order valence-corrected chi connectivity index (χ2v) is 5.18. The fraction of sp³-hybridized carbons (Fsp3) is 0.118. The van der Waals surface area contributed by atoms with Crippen molar-refractivity contribution in [1.29, 1.82) is 0 Å². The first kappa shape index (κ1) is 15.9. The average Bonchev–Trinajstić information content (AvgIpc) is 2.89. The molecule has 0 radical (unpaired) electrons. The molecule has 4 nitrogen and oxygen atoms in total. The maximum atomic E-state index is 12.2. The van der Waals surface area contributed by atoms with Crippen LogP contribution in [0.1, 0.15) is 16.1 Å². The quantitative estimate of drug-likeness (QED) is 0.741. The van der Waals surface area contributed by atoms with Crippen molar-refractivity contribution in [3.63, 3.8) is 0 Å². The molecule has 24 heavy (non-hydrogen) atoms. The van der Waals surface area contributed by atoms with Gasteiger partial charge in [-0.05, 0) is 37.3 Å². The fourth-order valence-electron chi connectivity index (χ4n) is 2.24. The van der Waals surface area contributed by atoms with Gasteiger partial charge < -0.3 is 14.5 Å². The molecule has 1 heterocycles. The Balaban J connectivity index is 1.79. The molecule has 3 rings (SSSR count). The van der Waals surface area contributed by atoms with Gasteiger partial charge in [0.1, 0.15) is 11.3 Å². The molecule has 0 atom stereocenters. The van der Waals surface area contributed by atoms with E-state index < -0.39 is 18.0 Å². The fourth-order valence-corrected chi connectivity index (χ4v) is 2.24. The number of anilines is 1. The third-order valence-electron chi connectivity index (χ3n) is 3.22. The summed E-state index contributed by atoms with van der Waals surface area (Å²) in [4.78, 5) is 12.2. The number of ether oxygens (including phenoxy) is 1. The van der Waals surface area contributed by atoms with Crippen LogP contribution in [0.4, 0.5) is 18.9 Å². The molecule has 2 aromatic carbocycles. The van der Waals surface area contributed by atoms with Crippen LogP contribution in [0.2, 0.25) is 0 Å². The third-order valence-corrected chi connectivity index (χ3v) is 3.22. The average molecular weight is 335 g/mol. The molecular formula is C17H12F3NO3. The number of rotatable bonds is 3. The Hall–Kier alpha value is -2.96. The van der Waals surface area contributed by atoms with Gasteiger partial charge >= 0.3 is 6.36 Å². The zero-order valence-corrected chi connectivity index (χ0v) is 12.5. The minimum absolute atomic E-state index is 0.0674. The molecule has 0 spiro atoms. The topological polar surface area (TPSA) is 51.5 Å². The van der Waals surface area contributed by atoms with Crippen molar-refractivity contribution in [2.45, 2.75) is 13.3 Å². The number of carbonyl (C=O) groups is 1. The standard InChI is InChI=1S/C17H12F3NO3/c1-10-5-6-14-11(7-10)8-15(23-14)16(22)21-12-3-2-4-13(9-12)24-17(18,19)20/h2-9H,1H3,(H,21,22). The van der Waals surface area contributed by atoms with Gasteiger partial charge in [-0.1, -0.05) is 17.7 Å². The van der Waals surface area contributed by atoms with Gasteiger partial charge in [-0.15, -0.1) is 13.2 Å². The van der Waals surface area contributed by atoms with Gasteiger partial charge in [0.05, 0.1) is 0 Å². The van der Waals surface area contributed by atoms with Crippen LogP contribution in [0.15, 0.2) is 52.9 Å². The van der Waals surface area contributed by atoms with Crippen LogP contribution in [-0.2, 0) is 0 Å². The Morgan fingerprint density at radius 3 is 2.67 bits per heavy atom. The minimum Gasteiger partial charge on any atom is -0.451 e. The smallest absolute Gasteiger partial charge is 0.451 e. The van der Waals surface area contributed by atoms with E-state index in [2.05, 4.69) is 10.1 Å². The number of nitrogens with one attached hydrogen (secondary N) is 1. The first-order chi connectivity index (χ1) is 11.3.